The van der Waals surface area contributed by atoms with Gasteiger partial charge >= 0.3 is 0 Å². The number of hydrogen-bond donors (Lipinski definition) is 1. The van der Waals surface area contributed by atoms with E-state index in [-0.39, 0.29) is 6.61 Å². The molecule has 0 saturated heterocycles. The molecule has 0 aromatic rings. The van der Waals surface area contributed by atoms with E-state index in [1.807, 2.05) is 0 Å². The fraction of sp³-hybridized carbons (Fsp3) is 0.833. The van der Waals surface area contributed by atoms with Gasteiger partial charge in [-0.25, -0.2) is 0 Å². The van der Waals surface area contributed by atoms with Crippen LogP contribution in [0.3, 0.4) is 0 Å². The number of carbonyl (C=O) groups is 1. The standard InChI is InChI=1S/C6H12INO3/c7-1-2-10-3-4-11-5-6(8)9/h1-5H2,(H2,8,9). The second-order valence-corrected chi connectivity index (χ2v) is 2.90. The van der Waals surface area contributed by atoms with Crippen molar-refractivity contribution < 1.29 is 14.3 Å². The molecule has 0 rings (SSSR count). The lowest BCUT2D eigenvalue weighted by Crippen LogP contribution is -2.19. The quantitative estimate of drug-likeness (QED) is 0.401. The number of halogens is 1. The van der Waals surface area contributed by atoms with Crippen LogP contribution in [-0.2, 0) is 14.3 Å². The van der Waals surface area contributed by atoms with E-state index < -0.39 is 5.91 Å². The van der Waals surface area contributed by atoms with Crippen LogP contribution in [0.1, 0.15) is 0 Å². The van der Waals surface area contributed by atoms with Crippen LogP contribution in [0.25, 0.3) is 0 Å². The third kappa shape index (κ3) is 10.1. The lowest BCUT2D eigenvalue weighted by molar-refractivity contribution is -0.122. The molecule has 0 heterocycles. The van der Waals surface area contributed by atoms with E-state index in [4.69, 9.17) is 15.2 Å². The van der Waals surface area contributed by atoms with E-state index in [0.717, 1.165) is 11.0 Å². The highest BCUT2D eigenvalue weighted by Gasteiger charge is 1.92. The Labute approximate surface area is 79.6 Å². The van der Waals surface area contributed by atoms with Crippen molar-refractivity contribution in [3.63, 3.8) is 0 Å². The smallest absolute Gasteiger partial charge is 0.243 e. The summed E-state index contributed by atoms with van der Waals surface area (Å²) in [7, 11) is 0. The molecule has 0 aliphatic rings. The summed E-state index contributed by atoms with van der Waals surface area (Å²) in [6.45, 7) is 1.66. The minimum Gasteiger partial charge on any atom is -0.378 e. The van der Waals surface area contributed by atoms with Gasteiger partial charge in [0.15, 0.2) is 0 Å². The Balaban J connectivity index is 2.85. The van der Waals surface area contributed by atoms with Crippen LogP contribution < -0.4 is 5.73 Å². The van der Waals surface area contributed by atoms with E-state index in [9.17, 15) is 4.79 Å². The van der Waals surface area contributed by atoms with Gasteiger partial charge in [0.25, 0.3) is 0 Å². The maximum atomic E-state index is 10.1. The highest BCUT2D eigenvalue weighted by atomic mass is 127. The first kappa shape index (κ1) is 11.1. The Morgan fingerprint density at radius 2 is 1.91 bits per heavy atom. The van der Waals surface area contributed by atoms with Crippen LogP contribution in [0.5, 0.6) is 0 Å². The second kappa shape index (κ2) is 8.22. The molecule has 0 bridgehead atoms. The van der Waals surface area contributed by atoms with Crippen molar-refractivity contribution in [2.45, 2.75) is 0 Å². The molecule has 2 N–H and O–H groups in total. The molecule has 0 aliphatic heterocycles. The second-order valence-electron chi connectivity index (χ2n) is 1.82. The molecule has 0 radical (unpaired) electrons. The first-order chi connectivity index (χ1) is 5.27. The molecule has 4 nitrogen and oxygen atoms in total. The van der Waals surface area contributed by atoms with Gasteiger partial charge in [-0.3, -0.25) is 4.79 Å². The molecule has 0 atom stereocenters. The predicted octanol–water partition coefficient (Wildman–Crippen LogP) is -0.0601. The highest BCUT2D eigenvalue weighted by Crippen LogP contribution is 1.83. The van der Waals surface area contributed by atoms with E-state index in [1.165, 1.54) is 0 Å². The Hall–Kier alpha value is 0.120. The Morgan fingerprint density at radius 1 is 1.27 bits per heavy atom. The first-order valence-electron chi connectivity index (χ1n) is 3.27. The average molecular weight is 273 g/mol. The number of nitrogens with two attached hydrogens (primary N) is 1. The molecule has 0 unspecified atom stereocenters. The minimum absolute atomic E-state index is 0.0202. The number of hydrogen-bond acceptors (Lipinski definition) is 3. The predicted molar refractivity (Wildman–Crippen MR) is 49.7 cm³/mol. The fourth-order valence-electron chi connectivity index (χ4n) is 0.447. The fourth-order valence-corrected chi connectivity index (χ4v) is 0.759. The van der Waals surface area contributed by atoms with Gasteiger partial charge in [0.1, 0.15) is 6.61 Å². The topological polar surface area (TPSA) is 61.6 Å². The van der Waals surface area contributed by atoms with Crippen molar-refractivity contribution in [2.75, 3.05) is 30.9 Å². The van der Waals surface area contributed by atoms with E-state index >= 15 is 0 Å². The zero-order valence-electron chi connectivity index (χ0n) is 6.22. The average Bonchev–Trinajstić information content (AvgIpc) is 1.96. The van der Waals surface area contributed by atoms with Crippen molar-refractivity contribution in [3.05, 3.63) is 0 Å². The largest absolute Gasteiger partial charge is 0.378 e. The lowest BCUT2D eigenvalue weighted by Gasteiger charge is -2.01. The maximum Gasteiger partial charge on any atom is 0.243 e. The lowest BCUT2D eigenvalue weighted by atomic mass is 10.7. The number of alkyl halides is 1. The highest BCUT2D eigenvalue weighted by molar-refractivity contribution is 14.1. The zero-order chi connectivity index (χ0) is 8.53. The number of primary amides is 1. The van der Waals surface area contributed by atoms with Crippen molar-refractivity contribution in [3.8, 4) is 0 Å². The molecule has 0 fully saturated rings. The summed E-state index contributed by atoms with van der Waals surface area (Å²) in [5.41, 5.74) is 4.83. The van der Waals surface area contributed by atoms with Crippen LogP contribution in [0, 0.1) is 0 Å². The van der Waals surface area contributed by atoms with Gasteiger partial charge in [0.2, 0.25) is 5.91 Å². The van der Waals surface area contributed by atoms with Gasteiger partial charge in [-0.05, 0) is 0 Å². The molecule has 0 saturated carbocycles. The molecule has 0 aromatic heterocycles. The molecule has 1 amide bonds. The number of rotatable bonds is 7. The zero-order valence-corrected chi connectivity index (χ0v) is 8.37. The van der Waals surface area contributed by atoms with Crippen LogP contribution in [0.4, 0.5) is 0 Å². The third-order valence-electron chi connectivity index (χ3n) is 0.838. The van der Waals surface area contributed by atoms with Gasteiger partial charge in [-0.15, -0.1) is 0 Å². The molecular weight excluding hydrogens is 261 g/mol. The summed E-state index contributed by atoms with van der Waals surface area (Å²) in [5, 5.41) is 0. The van der Waals surface area contributed by atoms with Crippen LogP contribution in [0.15, 0.2) is 0 Å². The van der Waals surface area contributed by atoms with Gasteiger partial charge in [0.05, 0.1) is 19.8 Å². The Bertz CT molecular complexity index is 110. The molecule has 0 aromatic carbocycles. The SMILES string of the molecule is NC(=O)COCCOCCI. The molecule has 66 valence electrons. The molecule has 0 spiro atoms. The Morgan fingerprint density at radius 3 is 2.45 bits per heavy atom. The molecule has 5 heteroatoms. The van der Waals surface area contributed by atoms with E-state index in [0.29, 0.717) is 13.2 Å². The van der Waals surface area contributed by atoms with Crippen LogP contribution >= 0.6 is 22.6 Å². The molecule has 0 aliphatic carbocycles. The minimum atomic E-state index is -0.445. The van der Waals surface area contributed by atoms with Gasteiger partial charge in [-0.2, -0.15) is 0 Å². The summed E-state index contributed by atoms with van der Waals surface area (Å²) in [6, 6.07) is 0. The van der Waals surface area contributed by atoms with Gasteiger partial charge in [0, 0.05) is 4.43 Å². The Kier molecular flexibility index (Phi) is 8.31. The summed E-state index contributed by atoms with van der Waals surface area (Å²) in [4.78, 5) is 10.1. The number of amides is 1. The van der Waals surface area contributed by atoms with Gasteiger partial charge < -0.3 is 15.2 Å². The number of ether oxygens (including phenoxy) is 2. The first-order valence-corrected chi connectivity index (χ1v) is 4.79. The van der Waals surface area contributed by atoms with Crippen molar-refractivity contribution in [1.29, 1.82) is 0 Å². The molecular formula is C6H12INO3. The maximum absolute atomic E-state index is 10.1. The van der Waals surface area contributed by atoms with Gasteiger partial charge in [-0.1, -0.05) is 22.6 Å². The van der Waals surface area contributed by atoms with Crippen molar-refractivity contribution >= 4 is 28.5 Å². The monoisotopic (exact) mass is 273 g/mol. The third-order valence-corrected chi connectivity index (χ3v) is 1.28. The van der Waals surface area contributed by atoms with Crippen molar-refractivity contribution in [1.82, 2.24) is 0 Å². The van der Waals surface area contributed by atoms with E-state index in [2.05, 4.69) is 22.6 Å². The van der Waals surface area contributed by atoms with Crippen molar-refractivity contribution in [2.24, 2.45) is 5.73 Å². The molecule has 11 heavy (non-hydrogen) atoms. The van der Waals surface area contributed by atoms with Crippen LogP contribution in [-0.4, -0.2) is 36.8 Å². The van der Waals surface area contributed by atoms with Crippen LogP contribution in [0.2, 0.25) is 0 Å². The summed E-state index contributed by atoms with van der Waals surface area (Å²) >= 11 is 2.22. The number of carbonyl (C=O) groups excluding carboxylic acids is 1. The summed E-state index contributed by atoms with van der Waals surface area (Å²) < 4.78 is 10.9. The summed E-state index contributed by atoms with van der Waals surface area (Å²) in [6.07, 6.45) is 0. The van der Waals surface area contributed by atoms with E-state index in [1.54, 1.807) is 0 Å². The normalized spacial score (nSPS) is 9.91. The summed E-state index contributed by atoms with van der Waals surface area (Å²) in [5.74, 6) is -0.445.